The first-order chi connectivity index (χ1) is 11.3. The summed E-state index contributed by atoms with van der Waals surface area (Å²) in [4.78, 5) is 4.33. The van der Waals surface area contributed by atoms with Crippen LogP contribution in [0.25, 0.3) is 10.9 Å². The van der Waals surface area contributed by atoms with Crippen LogP contribution in [0.15, 0.2) is 54.7 Å². The van der Waals surface area contributed by atoms with E-state index in [4.69, 9.17) is 21.1 Å². The molecule has 0 fully saturated rings. The average Bonchev–Trinajstić information content (AvgIpc) is 2.59. The highest BCUT2D eigenvalue weighted by Gasteiger charge is 2.02. The Bertz CT molecular complexity index is 791. The third kappa shape index (κ3) is 3.85. The molecule has 0 spiro atoms. The summed E-state index contributed by atoms with van der Waals surface area (Å²) in [6.07, 6.45) is 1.78. The molecule has 23 heavy (non-hydrogen) atoms. The van der Waals surface area contributed by atoms with Crippen molar-refractivity contribution in [1.29, 1.82) is 0 Å². The molecule has 5 heteroatoms. The molecule has 1 heterocycles. The van der Waals surface area contributed by atoms with E-state index >= 15 is 0 Å². The van der Waals surface area contributed by atoms with Crippen LogP contribution in [0.3, 0.4) is 0 Å². The largest absolute Gasteiger partial charge is 0.497 e. The van der Waals surface area contributed by atoms with Gasteiger partial charge >= 0.3 is 0 Å². The van der Waals surface area contributed by atoms with Gasteiger partial charge in [-0.2, -0.15) is 0 Å². The number of halogens is 1. The van der Waals surface area contributed by atoms with Gasteiger partial charge in [0.15, 0.2) is 0 Å². The summed E-state index contributed by atoms with van der Waals surface area (Å²) in [5, 5.41) is 5.06. The Hall–Kier alpha value is -2.46. The molecule has 0 unspecified atom stereocenters. The van der Waals surface area contributed by atoms with E-state index in [1.165, 1.54) is 0 Å². The van der Waals surface area contributed by atoms with E-state index < -0.39 is 0 Å². The molecule has 0 atom stereocenters. The number of benzene rings is 2. The van der Waals surface area contributed by atoms with Gasteiger partial charge in [0.05, 0.1) is 12.6 Å². The van der Waals surface area contributed by atoms with Crippen molar-refractivity contribution >= 4 is 28.2 Å². The molecule has 3 rings (SSSR count). The van der Waals surface area contributed by atoms with Crippen molar-refractivity contribution < 1.29 is 9.47 Å². The van der Waals surface area contributed by atoms with Crippen molar-refractivity contribution in [3.05, 3.63) is 59.8 Å². The zero-order chi connectivity index (χ0) is 16.1. The lowest BCUT2D eigenvalue weighted by Gasteiger charge is -2.11. The first kappa shape index (κ1) is 15.4. The first-order valence-corrected chi connectivity index (χ1v) is 7.69. The van der Waals surface area contributed by atoms with Gasteiger partial charge in [-0.3, -0.25) is 4.98 Å². The summed E-state index contributed by atoms with van der Waals surface area (Å²) >= 11 is 6.07. The van der Waals surface area contributed by atoms with Crippen LogP contribution >= 0.6 is 11.6 Å². The molecular weight excluding hydrogens is 312 g/mol. The van der Waals surface area contributed by atoms with Gasteiger partial charge in [-0.15, -0.1) is 0 Å². The van der Waals surface area contributed by atoms with Crippen LogP contribution in [0, 0.1) is 0 Å². The molecule has 1 aromatic heterocycles. The van der Waals surface area contributed by atoms with Crippen molar-refractivity contribution in [3.63, 3.8) is 0 Å². The molecule has 0 aliphatic rings. The molecule has 0 radical (unpaired) electrons. The molecule has 0 amide bonds. The fraction of sp³-hybridized carbons (Fsp3) is 0.167. The maximum absolute atomic E-state index is 6.07. The van der Waals surface area contributed by atoms with E-state index in [-0.39, 0.29) is 0 Å². The second-order valence-corrected chi connectivity index (χ2v) is 5.41. The highest BCUT2D eigenvalue weighted by molar-refractivity contribution is 6.31. The smallest absolute Gasteiger partial charge is 0.119 e. The Morgan fingerprint density at radius 2 is 1.83 bits per heavy atom. The van der Waals surface area contributed by atoms with Crippen molar-refractivity contribution in [3.8, 4) is 11.5 Å². The lowest BCUT2D eigenvalue weighted by Crippen LogP contribution is -2.11. The Morgan fingerprint density at radius 1 is 1.04 bits per heavy atom. The molecule has 0 saturated heterocycles. The van der Waals surface area contributed by atoms with Crippen LogP contribution in [0.5, 0.6) is 11.5 Å². The zero-order valence-corrected chi connectivity index (χ0v) is 13.5. The van der Waals surface area contributed by atoms with Gasteiger partial charge in [-0.05, 0) is 48.5 Å². The number of nitrogens with zero attached hydrogens (tertiary/aromatic N) is 1. The summed E-state index contributed by atoms with van der Waals surface area (Å²) in [5.74, 6) is 1.63. The number of ether oxygens (including phenoxy) is 2. The van der Waals surface area contributed by atoms with E-state index in [2.05, 4.69) is 10.3 Å². The van der Waals surface area contributed by atoms with E-state index in [0.29, 0.717) is 18.2 Å². The molecule has 0 saturated carbocycles. The van der Waals surface area contributed by atoms with Crippen molar-refractivity contribution in [2.75, 3.05) is 25.6 Å². The maximum Gasteiger partial charge on any atom is 0.119 e. The zero-order valence-electron chi connectivity index (χ0n) is 12.8. The number of rotatable bonds is 6. The molecule has 4 nitrogen and oxygen atoms in total. The third-order valence-corrected chi connectivity index (χ3v) is 3.68. The Kier molecular flexibility index (Phi) is 4.83. The summed E-state index contributed by atoms with van der Waals surface area (Å²) in [7, 11) is 1.64. The molecule has 0 aliphatic heterocycles. The topological polar surface area (TPSA) is 43.4 Å². The van der Waals surface area contributed by atoms with Gasteiger partial charge in [-0.25, -0.2) is 0 Å². The van der Waals surface area contributed by atoms with Crippen molar-refractivity contribution in [2.45, 2.75) is 0 Å². The van der Waals surface area contributed by atoms with Gasteiger partial charge in [0.2, 0.25) is 0 Å². The van der Waals surface area contributed by atoms with Crippen LogP contribution in [-0.2, 0) is 0 Å². The Balaban J connectivity index is 1.59. The van der Waals surface area contributed by atoms with E-state index in [0.717, 1.165) is 28.1 Å². The number of aromatic nitrogens is 1. The minimum atomic E-state index is 0.552. The van der Waals surface area contributed by atoms with Gasteiger partial charge in [0, 0.05) is 28.8 Å². The number of fused-ring (bicyclic) bond motifs is 1. The average molecular weight is 329 g/mol. The fourth-order valence-electron chi connectivity index (χ4n) is 2.30. The molecule has 3 aromatic rings. The first-order valence-electron chi connectivity index (χ1n) is 7.31. The normalized spacial score (nSPS) is 10.5. The molecule has 2 aromatic carbocycles. The van der Waals surface area contributed by atoms with Crippen molar-refractivity contribution in [2.24, 2.45) is 0 Å². The highest BCUT2D eigenvalue weighted by Crippen LogP contribution is 2.24. The van der Waals surface area contributed by atoms with Crippen LogP contribution in [-0.4, -0.2) is 25.2 Å². The number of methoxy groups -OCH3 is 1. The predicted molar refractivity (Wildman–Crippen MR) is 93.7 cm³/mol. The van der Waals surface area contributed by atoms with Gasteiger partial charge < -0.3 is 14.8 Å². The summed E-state index contributed by atoms with van der Waals surface area (Å²) < 4.78 is 10.8. The number of nitrogens with one attached hydrogen (secondary N) is 1. The maximum atomic E-state index is 6.07. The lowest BCUT2D eigenvalue weighted by atomic mass is 10.2. The SMILES string of the molecule is COc1ccc(OCCNc2ccnc3ccc(Cl)cc23)cc1. The minimum absolute atomic E-state index is 0.552. The van der Waals surface area contributed by atoms with Crippen LogP contribution in [0.2, 0.25) is 5.02 Å². The summed E-state index contributed by atoms with van der Waals surface area (Å²) in [6.45, 7) is 1.23. The fourth-order valence-corrected chi connectivity index (χ4v) is 2.47. The molecule has 0 aliphatic carbocycles. The van der Waals surface area contributed by atoms with Crippen molar-refractivity contribution in [1.82, 2.24) is 4.98 Å². The Labute approximate surface area is 140 Å². The van der Waals surface area contributed by atoms with E-state index in [9.17, 15) is 0 Å². The molecule has 1 N–H and O–H groups in total. The molecular formula is C18H17ClN2O2. The summed E-state index contributed by atoms with van der Waals surface area (Å²) in [5.41, 5.74) is 1.91. The lowest BCUT2D eigenvalue weighted by molar-refractivity contribution is 0.332. The van der Waals surface area contributed by atoms with Crippen LogP contribution < -0.4 is 14.8 Å². The second kappa shape index (κ2) is 7.20. The van der Waals surface area contributed by atoms with Crippen LogP contribution in [0.1, 0.15) is 0 Å². The number of hydrogen-bond acceptors (Lipinski definition) is 4. The highest BCUT2D eigenvalue weighted by atomic mass is 35.5. The van der Waals surface area contributed by atoms with Gasteiger partial charge in [-0.1, -0.05) is 11.6 Å². The molecule has 118 valence electrons. The van der Waals surface area contributed by atoms with Gasteiger partial charge in [0.25, 0.3) is 0 Å². The monoisotopic (exact) mass is 328 g/mol. The number of anilines is 1. The minimum Gasteiger partial charge on any atom is -0.497 e. The summed E-state index contributed by atoms with van der Waals surface area (Å²) in [6, 6.07) is 15.1. The second-order valence-electron chi connectivity index (χ2n) is 4.97. The Morgan fingerprint density at radius 3 is 2.61 bits per heavy atom. The third-order valence-electron chi connectivity index (χ3n) is 3.45. The quantitative estimate of drug-likeness (QED) is 0.682. The number of hydrogen-bond donors (Lipinski definition) is 1. The standard InChI is InChI=1S/C18H17ClN2O2/c1-22-14-3-5-15(6-4-14)23-11-10-21-18-8-9-20-17-7-2-13(19)12-16(17)18/h2-9,12H,10-11H2,1H3,(H,20,21). The predicted octanol–water partition coefficient (Wildman–Crippen LogP) is 4.39. The number of pyridine rings is 1. The van der Waals surface area contributed by atoms with E-state index in [1.807, 2.05) is 48.5 Å². The van der Waals surface area contributed by atoms with E-state index in [1.54, 1.807) is 13.3 Å². The van der Waals surface area contributed by atoms with Gasteiger partial charge in [0.1, 0.15) is 18.1 Å². The van der Waals surface area contributed by atoms with Crippen LogP contribution in [0.4, 0.5) is 5.69 Å². The molecule has 0 bridgehead atoms.